The Bertz CT molecular complexity index is 859. The van der Waals surface area contributed by atoms with Gasteiger partial charge in [-0.1, -0.05) is 0 Å². The molecule has 0 aromatic heterocycles. The number of amides is 1. The standard InChI is InChI=1S/C17H18N2O5S/c1-3-24-17(21)13-4-6-15(7-5-13)19-25(22,23)16-10-8-14(9-11-16)18-12(2)20/h4-11,19H,3H2,1-2H3,(H,18,20). The summed E-state index contributed by atoms with van der Waals surface area (Å²) in [5.41, 5.74) is 1.16. The molecule has 0 unspecified atom stereocenters. The van der Waals surface area contributed by atoms with Gasteiger partial charge in [-0.3, -0.25) is 9.52 Å². The van der Waals surface area contributed by atoms with Gasteiger partial charge in [0.1, 0.15) is 0 Å². The maximum absolute atomic E-state index is 12.4. The van der Waals surface area contributed by atoms with Gasteiger partial charge in [0.05, 0.1) is 17.1 Å². The second kappa shape index (κ2) is 7.80. The SMILES string of the molecule is CCOC(=O)c1ccc(NS(=O)(=O)c2ccc(NC(C)=O)cc2)cc1. The number of hydrogen-bond donors (Lipinski definition) is 2. The van der Waals surface area contributed by atoms with E-state index < -0.39 is 16.0 Å². The minimum absolute atomic E-state index is 0.0519. The molecule has 0 heterocycles. The summed E-state index contributed by atoms with van der Waals surface area (Å²) < 4.78 is 32.0. The van der Waals surface area contributed by atoms with Gasteiger partial charge in [-0.15, -0.1) is 0 Å². The highest BCUT2D eigenvalue weighted by Crippen LogP contribution is 2.19. The number of ether oxygens (including phenoxy) is 1. The molecule has 0 aliphatic carbocycles. The molecule has 0 aliphatic rings. The molecule has 0 saturated heterocycles. The van der Waals surface area contributed by atoms with E-state index in [1.54, 1.807) is 6.92 Å². The number of nitrogens with one attached hydrogen (secondary N) is 2. The Balaban J connectivity index is 2.12. The van der Waals surface area contributed by atoms with Crippen LogP contribution in [0.4, 0.5) is 11.4 Å². The number of benzene rings is 2. The quantitative estimate of drug-likeness (QED) is 0.769. The average molecular weight is 362 g/mol. The first kappa shape index (κ1) is 18.5. The number of hydrogen-bond acceptors (Lipinski definition) is 5. The Morgan fingerprint density at radius 2 is 1.52 bits per heavy atom. The third-order valence-electron chi connectivity index (χ3n) is 3.13. The molecular formula is C17H18N2O5S. The van der Waals surface area contributed by atoms with E-state index in [4.69, 9.17) is 4.74 Å². The summed E-state index contributed by atoms with van der Waals surface area (Å²) in [6, 6.07) is 11.7. The number of rotatable bonds is 6. The van der Waals surface area contributed by atoms with Crippen LogP contribution in [-0.2, 0) is 19.6 Å². The first-order valence-corrected chi connectivity index (χ1v) is 8.98. The van der Waals surface area contributed by atoms with E-state index in [-0.39, 0.29) is 17.4 Å². The van der Waals surface area contributed by atoms with Crippen LogP contribution >= 0.6 is 0 Å². The number of carbonyl (C=O) groups is 2. The van der Waals surface area contributed by atoms with Crippen molar-refractivity contribution in [2.45, 2.75) is 18.7 Å². The summed E-state index contributed by atoms with van der Waals surface area (Å²) in [5, 5.41) is 2.56. The lowest BCUT2D eigenvalue weighted by molar-refractivity contribution is -0.114. The highest BCUT2D eigenvalue weighted by molar-refractivity contribution is 7.92. The van der Waals surface area contributed by atoms with Crippen molar-refractivity contribution in [1.29, 1.82) is 0 Å². The van der Waals surface area contributed by atoms with Crippen LogP contribution in [0, 0.1) is 0 Å². The predicted molar refractivity (Wildman–Crippen MR) is 94.0 cm³/mol. The second-order valence-electron chi connectivity index (χ2n) is 5.11. The minimum atomic E-state index is -3.78. The van der Waals surface area contributed by atoms with Crippen molar-refractivity contribution in [3.63, 3.8) is 0 Å². The third-order valence-corrected chi connectivity index (χ3v) is 4.53. The van der Waals surface area contributed by atoms with Gasteiger partial charge in [0.15, 0.2) is 0 Å². The second-order valence-corrected chi connectivity index (χ2v) is 6.79. The van der Waals surface area contributed by atoms with Crippen molar-refractivity contribution in [3.8, 4) is 0 Å². The van der Waals surface area contributed by atoms with Crippen molar-refractivity contribution in [2.24, 2.45) is 0 Å². The lowest BCUT2D eigenvalue weighted by Crippen LogP contribution is -2.13. The van der Waals surface area contributed by atoms with Gasteiger partial charge in [0.2, 0.25) is 5.91 Å². The van der Waals surface area contributed by atoms with Gasteiger partial charge in [0, 0.05) is 18.3 Å². The summed E-state index contributed by atoms with van der Waals surface area (Å²) in [4.78, 5) is 22.6. The van der Waals surface area contributed by atoms with Gasteiger partial charge in [0.25, 0.3) is 10.0 Å². The molecule has 0 fully saturated rings. The smallest absolute Gasteiger partial charge is 0.338 e. The lowest BCUT2D eigenvalue weighted by atomic mass is 10.2. The zero-order chi connectivity index (χ0) is 18.4. The molecule has 25 heavy (non-hydrogen) atoms. The zero-order valence-electron chi connectivity index (χ0n) is 13.8. The molecule has 2 rings (SSSR count). The van der Waals surface area contributed by atoms with Crippen LogP contribution in [-0.4, -0.2) is 26.9 Å². The molecule has 7 nitrogen and oxygen atoms in total. The van der Waals surface area contributed by atoms with Gasteiger partial charge >= 0.3 is 5.97 Å². The van der Waals surface area contributed by atoms with E-state index >= 15 is 0 Å². The molecule has 0 saturated carbocycles. The Kier molecular flexibility index (Phi) is 5.76. The van der Waals surface area contributed by atoms with Gasteiger partial charge in [-0.05, 0) is 55.5 Å². The summed E-state index contributed by atoms with van der Waals surface area (Å²) in [7, 11) is -3.78. The van der Waals surface area contributed by atoms with Crippen LogP contribution in [0.15, 0.2) is 53.4 Å². The normalized spacial score (nSPS) is 10.8. The molecule has 2 aromatic carbocycles. The van der Waals surface area contributed by atoms with E-state index in [0.717, 1.165) is 0 Å². The molecule has 132 valence electrons. The number of sulfonamides is 1. The zero-order valence-corrected chi connectivity index (χ0v) is 14.6. The lowest BCUT2D eigenvalue weighted by Gasteiger charge is -2.09. The predicted octanol–water partition coefficient (Wildman–Crippen LogP) is 2.62. The fraction of sp³-hybridized carbons (Fsp3) is 0.176. The number of esters is 1. The molecule has 2 N–H and O–H groups in total. The van der Waals surface area contributed by atoms with E-state index in [9.17, 15) is 18.0 Å². The van der Waals surface area contributed by atoms with Crippen LogP contribution < -0.4 is 10.0 Å². The van der Waals surface area contributed by atoms with E-state index in [1.807, 2.05) is 0 Å². The first-order chi connectivity index (χ1) is 11.8. The Hall–Kier alpha value is -2.87. The molecule has 0 atom stereocenters. The monoisotopic (exact) mass is 362 g/mol. The number of anilines is 2. The Labute approximate surface area is 146 Å². The fourth-order valence-corrected chi connectivity index (χ4v) is 3.08. The van der Waals surface area contributed by atoms with E-state index in [0.29, 0.717) is 16.9 Å². The van der Waals surface area contributed by atoms with Gasteiger partial charge < -0.3 is 10.1 Å². The maximum atomic E-state index is 12.4. The molecule has 0 spiro atoms. The molecule has 0 bridgehead atoms. The largest absolute Gasteiger partial charge is 0.462 e. The summed E-state index contributed by atoms with van der Waals surface area (Å²) in [5.74, 6) is -0.708. The van der Waals surface area contributed by atoms with Crippen molar-refractivity contribution in [1.82, 2.24) is 0 Å². The molecule has 8 heteroatoms. The van der Waals surface area contributed by atoms with E-state index in [1.165, 1.54) is 55.5 Å². The topological polar surface area (TPSA) is 102 Å². The van der Waals surface area contributed by atoms with Crippen molar-refractivity contribution in [3.05, 3.63) is 54.1 Å². The molecule has 0 aliphatic heterocycles. The van der Waals surface area contributed by atoms with Crippen LogP contribution in [0.5, 0.6) is 0 Å². The van der Waals surface area contributed by atoms with E-state index in [2.05, 4.69) is 10.0 Å². The summed E-state index contributed by atoms with van der Waals surface area (Å²) in [6.07, 6.45) is 0. The molecule has 0 radical (unpaired) electrons. The molecular weight excluding hydrogens is 344 g/mol. The van der Waals surface area contributed by atoms with Crippen molar-refractivity contribution in [2.75, 3.05) is 16.6 Å². The van der Waals surface area contributed by atoms with Gasteiger partial charge in [-0.25, -0.2) is 13.2 Å². The fourth-order valence-electron chi connectivity index (χ4n) is 2.02. The maximum Gasteiger partial charge on any atom is 0.338 e. The van der Waals surface area contributed by atoms with Crippen LogP contribution in [0.2, 0.25) is 0 Å². The highest BCUT2D eigenvalue weighted by atomic mass is 32.2. The van der Waals surface area contributed by atoms with Crippen LogP contribution in [0.1, 0.15) is 24.2 Å². The highest BCUT2D eigenvalue weighted by Gasteiger charge is 2.15. The Morgan fingerprint density at radius 3 is 2.04 bits per heavy atom. The van der Waals surface area contributed by atoms with Crippen molar-refractivity contribution >= 4 is 33.3 Å². The van der Waals surface area contributed by atoms with Crippen molar-refractivity contribution < 1.29 is 22.7 Å². The first-order valence-electron chi connectivity index (χ1n) is 7.49. The average Bonchev–Trinajstić information content (AvgIpc) is 2.55. The minimum Gasteiger partial charge on any atom is -0.462 e. The Morgan fingerprint density at radius 1 is 0.960 bits per heavy atom. The van der Waals surface area contributed by atoms with Crippen LogP contribution in [0.3, 0.4) is 0 Å². The third kappa shape index (κ3) is 5.05. The summed E-state index contributed by atoms with van der Waals surface area (Å²) in [6.45, 7) is 3.34. The molecule has 1 amide bonds. The molecule has 2 aromatic rings. The van der Waals surface area contributed by atoms with Gasteiger partial charge in [-0.2, -0.15) is 0 Å². The summed E-state index contributed by atoms with van der Waals surface area (Å²) >= 11 is 0. The number of carbonyl (C=O) groups excluding carboxylic acids is 2. The van der Waals surface area contributed by atoms with Crippen LogP contribution in [0.25, 0.3) is 0 Å².